The largest absolute Gasteiger partial charge is 0.485 e. The SMILES string of the molecule is CCCn1cc(C2C[C@@H](N)c3cc(Cl)ccc3O2)cn1. The smallest absolute Gasteiger partial charge is 0.129 e. The number of aryl methyl sites for hydroxylation is 1. The van der Waals surface area contributed by atoms with Crippen LogP contribution in [0.1, 0.15) is 43.0 Å². The third-order valence-electron chi connectivity index (χ3n) is 3.59. The summed E-state index contributed by atoms with van der Waals surface area (Å²) in [6, 6.07) is 5.55. The molecule has 3 rings (SSSR count). The van der Waals surface area contributed by atoms with Gasteiger partial charge in [-0.2, -0.15) is 5.10 Å². The van der Waals surface area contributed by atoms with Crippen molar-refractivity contribution in [2.75, 3.05) is 0 Å². The first kappa shape index (κ1) is 13.5. The maximum Gasteiger partial charge on any atom is 0.129 e. The highest BCUT2D eigenvalue weighted by Crippen LogP contribution is 2.40. The first-order valence-electron chi connectivity index (χ1n) is 6.91. The van der Waals surface area contributed by atoms with Crippen LogP contribution >= 0.6 is 11.6 Å². The normalized spacial score (nSPS) is 21.4. The van der Waals surface area contributed by atoms with Gasteiger partial charge in [-0.3, -0.25) is 4.68 Å². The van der Waals surface area contributed by atoms with Gasteiger partial charge in [-0.25, -0.2) is 0 Å². The number of hydrogen-bond acceptors (Lipinski definition) is 3. The van der Waals surface area contributed by atoms with Gasteiger partial charge in [0, 0.05) is 41.4 Å². The molecule has 0 aliphatic carbocycles. The molecular weight excluding hydrogens is 274 g/mol. The number of hydrogen-bond donors (Lipinski definition) is 1. The minimum atomic E-state index is -0.0584. The van der Waals surface area contributed by atoms with E-state index in [0.717, 1.165) is 36.3 Å². The van der Waals surface area contributed by atoms with E-state index < -0.39 is 0 Å². The van der Waals surface area contributed by atoms with Gasteiger partial charge in [-0.05, 0) is 24.6 Å². The van der Waals surface area contributed by atoms with Gasteiger partial charge < -0.3 is 10.5 Å². The van der Waals surface area contributed by atoms with Gasteiger partial charge in [-0.15, -0.1) is 0 Å². The molecule has 4 nitrogen and oxygen atoms in total. The van der Waals surface area contributed by atoms with Gasteiger partial charge in [0.05, 0.1) is 6.20 Å². The van der Waals surface area contributed by atoms with Gasteiger partial charge in [0.15, 0.2) is 0 Å². The fourth-order valence-corrected chi connectivity index (χ4v) is 2.76. The molecule has 1 aliphatic rings. The lowest BCUT2D eigenvalue weighted by Gasteiger charge is -2.29. The zero-order valence-corrected chi connectivity index (χ0v) is 12.2. The van der Waals surface area contributed by atoms with Crippen molar-refractivity contribution in [2.45, 2.75) is 38.5 Å². The summed E-state index contributed by atoms with van der Waals surface area (Å²) in [5.74, 6) is 0.821. The van der Waals surface area contributed by atoms with Crippen molar-refractivity contribution in [3.63, 3.8) is 0 Å². The molecule has 0 saturated carbocycles. The molecule has 0 amide bonds. The highest BCUT2D eigenvalue weighted by atomic mass is 35.5. The first-order chi connectivity index (χ1) is 9.67. The molecule has 1 aliphatic heterocycles. The lowest BCUT2D eigenvalue weighted by atomic mass is 9.95. The van der Waals surface area contributed by atoms with Crippen LogP contribution in [0.2, 0.25) is 5.02 Å². The fourth-order valence-electron chi connectivity index (χ4n) is 2.58. The van der Waals surface area contributed by atoms with E-state index in [1.54, 1.807) is 0 Å². The summed E-state index contributed by atoms with van der Waals surface area (Å²) in [6.07, 6.45) is 5.68. The van der Waals surface area contributed by atoms with E-state index in [9.17, 15) is 0 Å². The Hall–Kier alpha value is -1.52. The van der Waals surface area contributed by atoms with Crippen LogP contribution in [0.15, 0.2) is 30.6 Å². The van der Waals surface area contributed by atoms with E-state index >= 15 is 0 Å². The summed E-state index contributed by atoms with van der Waals surface area (Å²) in [7, 11) is 0. The molecule has 1 unspecified atom stereocenters. The number of nitrogens with two attached hydrogens (primary N) is 1. The van der Waals surface area contributed by atoms with Gasteiger partial charge in [0.2, 0.25) is 0 Å². The van der Waals surface area contributed by atoms with Crippen LogP contribution < -0.4 is 10.5 Å². The molecule has 0 saturated heterocycles. The third-order valence-corrected chi connectivity index (χ3v) is 3.82. The zero-order valence-electron chi connectivity index (χ0n) is 11.4. The van der Waals surface area contributed by atoms with E-state index in [0.29, 0.717) is 5.02 Å². The number of halogens is 1. The second-order valence-electron chi connectivity index (χ2n) is 5.17. The van der Waals surface area contributed by atoms with E-state index in [-0.39, 0.29) is 12.1 Å². The Bertz CT molecular complexity index is 611. The van der Waals surface area contributed by atoms with E-state index in [1.807, 2.05) is 35.3 Å². The molecular formula is C15H18ClN3O. The van der Waals surface area contributed by atoms with Crippen molar-refractivity contribution in [1.29, 1.82) is 0 Å². The zero-order chi connectivity index (χ0) is 14.1. The number of ether oxygens (including phenoxy) is 1. The van der Waals surface area contributed by atoms with Crippen molar-refractivity contribution >= 4 is 11.6 Å². The summed E-state index contributed by atoms with van der Waals surface area (Å²) in [4.78, 5) is 0. The molecule has 0 radical (unpaired) electrons. The molecule has 2 aromatic rings. The van der Waals surface area contributed by atoms with E-state index in [4.69, 9.17) is 22.1 Å². The molecule has 0 fully saturated rings. The topological polar surface area (TPSA) is 53.1 Å². The molecule has 1 aromatic heterocycles. The lowest BCUT2D eigenvalue weighted by molar-refractivity contribution is 0.161. The van der Waals surface area contributed by atoms with Crippen LogP contribution in [-0.4, -0.2) is 9.78 Å². The van der Waals surface area contributed by atoms with Crippen LogP contribution in [0.4, 0.5) is 0 Å². The maximum absolute atomic E-state index is 6.24. The lowest BCUT2D eigenvalue weighted by Crippen LogP contribution is -2.23. The maximum atomic E-state index is 6.24. The van der Waals surface area contributed by atoms with Crippen molar-refractivity contribution < 1.29 is 4.74 Å². The van der Waals surface area contributed by atoms with Crippen molar-refractivity contribution in [3.05, 3.63) is 46.7 Å². The third kappa shape index (κ3) is 2.53. The standard InChI is InChI=1S/C15H18ClN3O/c1-2-5-19-9-10(8-18-19)15-7-13(17)12-6-11(16)3-4-14(12)20-15/h3-4,6,8-9,13,15H,2,5,7,17H2,1H3/t13-,15?/m1/s1. The van der Waals surface area contributed by atoms with Crippen molar-refractivity contribution in [1.82, 2.24) is 9.78 Å². The van der Waals surface area contributed by atoms with Crippen molar-refractivity contribution in [2.24, 2.45) is 5.73 Å². The molecule has 20 heavy (non-hydrogen) atoms. The van der Waals surface area contributed by atoms with Crippen LogP contribution in [-0.2, 0) is 6.54 Å². The Morgan fingerprint density at radius 2 is 2.35 bits per heavy atom. The number of benzene rings is 1. The number of fused-ring (bicyclic) bond motifs is 1. The summed E-state index contributed by atoms with van der Waals surface area (Å²) >= 11 is 6.01. The molecule has 1 aromatic carbocycles. The Morgan fingerprint density at radius 1 is 1.50 bits per heavy atom. The van der Waals surface area contributed by atoms with E-state index in [1.165, 1.54) is 0 Å². The summed E-state index contributed by atoms with van der Waals surface area (Å²) in [5.41, 5.74) is 8.30. The average Bonchev–Trinajstić information content (AvgIpc) is 2.88. The van der Waals surface area contributed by atoms with Crippen LogP contribution in [0.3, 0.4) is 0 Å². The monoisotopic (exact) mass is 291 g/mol. The predicted molar refractivity (Wildman–Crippen MR) is 78.9 cm³/mol. The highest BCUT2D eigenvalue weighted by molar-refractivity contribution is 6.30. The Balaban J connectivity index is 1.85. The van der Waals surface area contributed by atoms with Gasteiger partial charge in [0.1, 0.15) is 11.9 Å². The second kappa shape index (κ2) is 5.46. The van der Waals surface area contributed by atoms with E-state index in [2.05, 4.69) is 12.0 Å². The second-order valence-corrected chi connectivity index (χ2v) is 5.60. The Kier molecular flexibility index (Phi) is 3.68. The average molecular weight is 292 g/mol. The van der Waals surface area contributed by atoms with Gasteiger partial charge in [-0.1, -0.05) is 18.5 Å². The molecule has 106 valence electrons. The summed E-state index contributed by atoms with van der Waals surface area (Å²) < 4.78 is 7.99. The fraction of sp³-hybridized carbons (Fsp3) is 0.400. The molecule has 2 atom stereocenters. The summed E-state index contributed by atoms with van der Waals surface area (Å²) in [6.45, 7) is 3.05. The molecule has 0 spiro atoms. The number of nitrogens with zero attached hydrogens (tertiary/aromatic N) is 2. The van der Waals surface area contributed by atoms with Crippen LogP contribution in [0.25, 0.3) is 0 Å². The molecule has 0 bridgehead atoms. The van der Waals surface area contributed by atoms with Crippen LogP contribution in [0, 0.1) is 0 Å². The summed E-state index contributed by atoms with van der Waals surface area (Å²) in [5, 5.41) is 5.04. The van der Waals surface area contributed by atoms with Gasteiger partial charge in [0.25, 0.3) is 0 Å². The molecule has 5 heteroatoms. The number of aromatic nitrogens is 2. The van der Waals surface area contributed by atoms with Crippen molar-refractivity contribution in [3.8, 4) is 5.75 Å². The predicted octanol–water partition coefficient (Wildman–Crippen LogP) is 3.47. The minimum Gasteiger partial charge on any atom is -0.485 e. The number of rotatable bonds is 3. The first-order valence-corrected chi connectivity index (χ1v) is 7.29. The van der Waals surface area contributed by atoms with Gasteiger partial charge >= 0.3 is 0 Å². The minimum absolute atomic E-state index is 0.0377. The highest BCUT2D eigenvalue weighted by Gasteiger charge is 2.28. The molecule has 2 heterocycles. The Labute approximate surface area is 123 Å². The molecule has 2 N–H and O–H groups in total. The van der Waals surface area contributed by atoms with Crippen LogP contribution in [0.5, 0.6) is 5.75 Å². The quantitative estimate of drug-likeness (QED) is 0.942. The Morgan fingerprint density at radius 3 is 3.15 bits per heavy atom.